The molecule has 1 radical (unpaired) electrons. The van der Waals surface area contributed by atoms with Gasteiger partial charge in [0.05, 0.1) is 25.4 Å². The maximum atomic E-state index is 8.25. The Balaban J connectivity index is -0.0000000250. The predicted molar refractivity (Wildman–Crippen MR) is 57.6 cm³/mol. The molecule has 0 aliphatic heterocycles. The molecule has 0 unspecified atom stereocenters. The maximum Gasteiger partial charge on any atom is 3.00 e. The topological polar surface area (TPSA) is 331 Å². The zero-order valence-electron chi connectivity index (χ0n) is 9.57. The van der Waals surface area contributed by atoms with Crippen LogP contribution in [0.5, 0.6) is 0 Å². The van der Waals surface area contributed by atoms with Crippen LogP contribution in [0.1, 0.15) is 0 Å². The van der Waals surface area contributed by atoms with Gasteiger partial charge in [0.15, 0.2) is 0 Å². The zero-order chi connectivity index (χ0) is 17.9. The molecule has 0 saturated carbocycles. The van der Waals surface area contributed by atoms with E-state index in [2.05, 4.69) is 0 Å². The molecule has 0 fully saturated rings. The molecule has 121 valence electrons. The number of hydrogen-bond donors (Lipinski definition) is 0. The van der Waals surface area contributed by atoms with Gasteiger partial charge in [0.2, 0.25) is 0 Å². The normalized spacial score (nSPS) is 5.45. The summed E-state index contributed by atoms with van der Waals surface area (Å²) in [5.41, 5.74) is 0. The van der Waals surface area contributed by atoms with Gasteiger partial charge in [0.25, 0.3) is 0 Å². The Morgan fingerprint density at radius 3 is 0.364 bits per heavy atom. The van der Waals surface area contributed by atoms with Crippen LogP contribution in [0, 0.1) is 118 Å². The minimum Gasteiger partial charge on any atom is -0.356 e. The first-order valence-corrected chi connectivity index (χ1v) is 2.74. The van der Waals surface area contributed by atoms with Gasteiger partial charge in [-0.1, -0.05) is 0 Å². The summed E-state index contributed by atoms with van der Waals surface area (Å²) in [6, 6.07) is 0. The van der Waals surface area contributed by atoms with Crippen molar-refractivity contribution in [1.82, 2.24) is 0 Å². The van der Waals surface area contributed by atoms with Crippen LogP contribution < -0.4 is 0 Å². The molecular weight excluding hydrogens is 474 g/mol. The van der Waals surface area contributed by atoms with E-state index in [4.69, 9.17) is 76.6 Å². The Kier molecular flexibility index (Phi) is 70.9. The molecule has 0 saturated heterocycles. The van der Waals surface area contributed by atoms with Crippen LogP contribution in [-0.4, -0.2) is 48.5 Å². The van der Waals surface area contributed by atoms with Gasteiger partial charge < -0.3 is 76.6 Å². The van der Waals surface area contributed by atoms with Crippen LogP contribution in [-0.2, 0) is 0 Å². The SMILES string of the molecule is O=[N+]([O-])[O-].O=[N+]([O-])[O-].O=[N+]([O-])[O-].O=[N+]([O-])[O-].O=[N+]([O-])[O-].[Ce+3].[Mg+2]. The first-order valence-electron chi connectivity index (χ1n) is 2.74. The van der Waals surface area contributed by atoms with Gasteiger partial charge >= 0.3 is 64.8 Å². The largest absolute Gasteiger partial charge is 3.00 e. The van der Waals surface area contributed by atoms with Crippen molar-refractivity contribution in [3.8, 4) is 0 Å². The summed E-state index contributed by atoms with van der Waals surface area (Å²) in [5, 5.41) is 73.8. The third-order valence-electron chi connectivity index (χ3n) is 0. The zero-order valence-corrected chi connectivity index (χ0v) is 14.1. The fourth-order valence-electron chi connectivity index (χ4n) is 0. The predicted octanol–water partition coefficient (Wildman–Crippen LogP) is -1.58. The summed E-state index contributed by atoms with van der Waals surface area (Å²) in [6.07, 6.45) is 0. The number of nitrogens with zero attached hydrogens (tertiary/aromatic N) is 5. The fourth-order valence-corrected chi connectivity index (χ4v) is 0. The molecule has 0 aliphatic rings. The summed E-state index contributed by atoms with van der Waals surface area (Å²) in [5.74, 6) is 0. The molecule has 0 atom stereocenters. The van der Waals surface area contributed by atoms with E-state index in [-0.39, 0.29) is 64.8 Å². The minimum absolute atomic E-state index is 0. The van der Waals surface area contributed by atoms with Crippen LogP contribution in [0.3, 0.4) is 0 Å². The van der Waals surface area contributed by atoms with E-state index >= 15 is 0 Å². The van der Waals surface area contributed by atoms with Crippen molar-refractivity contribution < 1.29 is 67.2 Å². The summed E-state index contributed by atoms with van der Waals surface area (Å²) in [6.45, 7) is 0. The third-order valence-corrected chi connectivity index (χ3v) is 0. The molecule has 0 aromatic carbocycles. The van der Waals surface area contributed by atoms with E-state index < -0.39 is 25.4 Å². The van der Waals surface area contributed by atoms with E-state index in [0.717, 1.165) is 0 Å². The molecule has 22 heavy (non-hydrogen) atoms. The molecular formula is CeMgN5O15. The average Bonchev–Trinajstić information content (AvgIpc) is 1.94. The van der Waals surface area contributed by atoms with Crippen LogP contribution in [0.4, 0.5) is 0 Å². The summed E-state index contributed by atoms with van der Waals surface area (Å²) < 4.78 is 0. The Morgan fingerprint density at radius 2 is 0.364 bits per heavy atom. The van der Waals surface area contributed by atoms with Crippen molar-refractivity contribution >= 4 is 23.1 Å². The van der Waals surface area contributed by atoms with E-state index in [9.17, 15) is 0 Å². The third kappa shape index (κ3) is 1550. The average molecular weight is 474 g/mol. The second-order valence-electron chi connectivity index (χ2n) is 1.12. The first kappa shape index (κ1) is 42.7. The summed E-state index contributed by atoms with van der Waals surface area (Å²) in [7, 11) is 0. The van der Waals surface area contributed by atoms with Crippen LogP contribution in [0.25, 0.3) is 0 Å². The Morgan fingerprint density at radius 1 is 0.364 bits per heavy atom. The Labute approximate surface area is 166 Å². The number of hydrogen-bond acceptors (Lipinski definition) is 15. The van der Waals surface area contributed by atoms with Crippen LogP contribution in [0.2, 0.25) is 0 Å². The van der Waals surface area contributed by atoms with E-state index in [1.54, 1.807) is 0 Å². The second-order valence-corrected chi connectivity index (χ2v) is 1.12. The van der Waals surface area contributed by atoms with Gasteiger partial charge in [-0.25, -0.2) is 0 Å². The molecule has 22 heteroatoms. The summed E-state index contributed by atoms with van der Waals surface area (Å²) in [4.78, 5) is 41.2. The molecule has 0 spiro atoms. The molecule has 0 aromatic rings. The van der Waals surface area contributed by atoms with Gasteiger partial charge in [0, 0.05) is 0 Å². The fraction of sp³-hybridized carbons (Fsp3) is 0. The molecule has 0 aliphatic carbocycles. The Hall–Kier alpha value is -1.86. The van der Waals surface area contributed by atoms with Crippen molar-refractivity contribution in [2.75, 3.05) is 0 Å². The van der Waals surface area contributed by atoms with Crippen LogP contribution in [0.15, 0.2) is 0 Å². The number of rotatable bonds is 0. The van der Waals surface area contributed by atoms with Crippen molar-refractivity contribution in [2.45, 2.75) is 0 Å². The van der Waals surface area contributed by atoms with Crippen molar-refractivity contribution in [3.63, 3.8) is 0 Å². The van der Waals surface area contributed by atoms with Gasteiger partial charge in [-0.15, -0.1) is 0 Å². The molecule has 0 aromatic heterocycles. The standard InChI is InChI=1S/Ce.Mg.5NO3/c;;5*2-1(3)4/q+3;+2;5*-1. The monoisotopic (exact) mass is 474 g/mol. The molecule has 0 rings (SSSR count). The van der Waals surface area contributed by atoms with Crippen molar-refractivity contribution in [1.29, 1.82) is 0 Å². The first-order chi connectivity index (χ1) is 8.66. The maximum absolute atomic E-state index is 8.25. The summed E-state index contributed by atoms with van der Waals surface area (Å²) >= 11 is 0. The second kappa shape index (κ2) is 36.5. The van der Waals surface area contributed by atoms with E-state index in [1.807, 2.05) is 0 Å². The molecule has 20 nitrogen and oxygen atoms in total. The van der Waals surface area contributed by atoms with Crippen molar-refractivity contribution in [3.05, 3.63) is 76.6 Å². The van der Waals surface area contributed by atoms with Gasteiger partial charge in [0.1, 0.15) is 0 Å². The quantitative estimate of drug-likeness (QED) is 0.217. The van der Waals surface area contributed by atoms with Crippen LogP contribution >= 0.6 is 0 Å². The van der Waals surface area contributed by atoms with Gasteiger partial charge in [-0.3, -0.25) is 0 Å². The van der Waals surface area contributed by atoms with Gasteiger partial charge in [-0.05, 0) is 0 Å². The molecule has 0 amide bonds. The molecule has 0 heterocycles. The Bertz CT molecular complexity index is 213. The van der Waals surface area contributed by atoms with Gasteiger partial charge in [-0.2, -0.15) is 0 Å². The van der Waals surface area contributed by atoms with E-state index in [1.165, 1.54) is 0 Å². The van der Waals surface area contributed by atoms with E-state index in [0.29, 0.717) is 0 Å². The minimum atomic E-state index is -1.75. The smallest absolute Gasteiger partial charge is 0.356 e. The molecule has 0 N–H and O–H groups in total. The van der Waals surface area contributed by atoms with Crippen molar-refractivity contribution in [2.24, 2.45) is 0 Å². The molecule has 0 bridgehead atoms.